The lowest BCUT2D eigenvalue weighted by Crippen LogP contribution is -2.54. The third kappa shape index (κ3) is 6.70. The molecule has 12 heteroatoms. The van der Waals surface area contributed by atoms with Crippen LogP contribution in [0.5, 0.6) is 11.8 Å². The van der Waals surface area contributed by atoms with E-state index < -0.39 is 31.4 Å². The van der Waals surface area contributed by atoms with Gasteiger partial charge in [-0.25, -0.2) is 13.2 Å². The molecule has 2 aromatic carbocycles. The molecule has 3 aliphatic heterocycles. The molecule has 3 fully saturated rings. The number of pyridine rings is 1. The average molecular weight is 759 g/mol. The molecule has 3 aliphatic rings. The zero-order valence-electron chi connectivity index (χ0n) is 32.7. The van der Waals surface area contributed by atoms with E-state index in [9.17, 15) is 9.50 Å². The summed E-state index contributed by atoms with van der Waals surface area (Å²) in [6.45, 7) is 20.0. The molecule has 0 amide bonds. The van der Waals surface area contributed by atoms with Crippen molar-refractivity contribution in [3.05, 3.63) is 47.7 Å². The monoisotopic (exact) mass is 758 g/mol. The third-order valence-corrected chi connectivity index (χ3v) is 18.6. The van der Waals surface area contributed by atoms with Crippen LogP contribution in [0.4, 0.5) is 19.0 Å². The molecule has 288 valence electrons. The van der Waals surface area contributed by atoms with Gasteiger partial charge in [-0.15, -0.1) is 5.54 Å². The molecule has 54 heavy (non-hydrogen) atoms. The number of aromatic hydroxyl groups is 1. The molecule has 0 spiro atoms. The first-order valence-electron chi connectivity index (χ1n) is 19.5. The molecule has 5 heterocycles. The van der Waals surface area contributed by atoms with Crippen LogP contribution in [0.1, 0.15) is 80.2 Å². The number of anilines is 1. The highest BCUT2D eigenvalue weighted by Crippen LogP contribution is 2.43. The zero-order valence-corrected chi connectivity index (χ0v) is 33.7. The molecule has 0 unspecified atom stereocenters. The summed E-state index contributed by atoms with van der Waals surface area (Å²) >= 11 is 0. The molecule has 3 saturated heterocycles. The van der Waals surface area contributed by atoms with Crippen molar-refractivity contribution in [3.8, 4) is 34.5 Å². The van der Waals surface area contributed by atoms with E-state index in [1.54, 1.807) is 12.3 Å². The van der Waals surface area contributed by atoms with Crippen molar-refractivity contribution in [2.75, 3.05) is 37.7 Å². The molecule has 0 bridgehead atoms. The number of piperazine rings is 1. The van der Waals surface area contributed by atoms with Gasteiger partial charge in [-0.3, -0.25) is 9.88 Å². The Morgan fingerprint density at radius 1 is 1.02 bits per heavy atom. The van der Waals surface area contributed by atoms with Crippen LogP contribution in [0.2, 0.25) is 16.6 Å². The van der Waals surface area contributed by atoms with Gasteiger partial charge in [-0.1, -0.05) is 53.5 Å². The van der Waals surface area contributed by atoms with E-state index in [4.69, 9.17) is 9.72 Å². The lowest BCUT2D eigenvalue weighted by atomic mass is 9.95. The van der Waals surface area contributed by atoms with Crippen LogP contribution in [-0.2, 0) is 0 Å². The highest BCUT2D eigenvalue weighted by molar-refractivity contribution is 6.90. The van der Waals surface area contributed by atoms with Crippen molar-refractivity contribution in [2.45, 2.75) is 115 Å². The average Bonchev–Trinajstić information content (AvgIpc) is 3.63. The summed E-state index contributed by atoms with van der Waals surface area (Å²) in [5.74, 6) is 2.40. The number of halogens is 3. The smallest absolute Gasteiger partial charge is 0.319 e. The fraction of sp³-hybridized carbons (Fsp3) is 0.548. The first kappa shape index (κ1) is 38.4. The van der Waals surface area contributed by atoms with Crippen molar-refractivity contribution in [3.63, 3.8) is 0 Å². The zero-order chi connectivity index (χ0) is 38.7. The van der Waals surface area contributed by atoms with Gasteiger partial charge in [0.2, 0.25) is 0 Å². The minimum absolute atomic E-state index is 0.000727. The fourth-order valence-corrected chi connectivity index (χ4v) is 15.2. The van der Waals surface area contributed by atoms with Gasteiger partial charge >= 0.3 is 6.01 Å². The molecular formula is C42H53F3N6O2Si. The van der Waals surface area contributed by atoms with E-state index in [1.165, 1.54) is 18.2 Å². The summed E-state index contributed by atoms with van der Waals surface area (Å²) in [7, 11) is -2.28. The van der Waals surface area contributed by atoms with Crippen molar-refractivity contribution in [1.29, 1.82) is 0 Å². The Morgan fingerprint density at radius 2 is 1.72 bits per heavy atom. The summed E-state index contributed by atoms with van der Waals surface area (Å²) in [5, 5.41) is 15.8. The summed E-state index contributed by atoms with van der Waals surface area (Å²) in [5.41, 5.74) is 4.43. The third-order valence-electron chi connectivity index (χ3n) is 12.3. The maximum absolute atomic E-state index is 17.3. The summed E-state index contributed by atoms with van der Waals surface area (Å²) in [6.07, 6.45) is 2.78. The molecule has 7 rings (SSSR count). The normalized spacial score (nSPS) is 23.5. The highest BCUT2D eigenvalue weighted by atomic mass is 28.3. The number of rotatable bonds is 8. The number of alkyl halides is 1. The lowest BCUT2D eigenvalue weighted by Gasteiger charge is -2.38. The van der Waals surface area contributed by atoms with Crippen LogP contribution < -0.4 is 15.0 Å². The maximum Gasteiger partial charge on any atom is 0.319 e. The van der Waals surface area contributed by atoms with Gasteiger partial charge in [0.25, 0.3) is 0 Å². The minimum Gasteiger partial charge on any atom is -0.508 e. The van der Waals surface area contributed by atoms with Gasteiger partial charge in [0.15, 0.2) is 5.82 Å². The maximum atomic E-state index is 17.3. The Morgan fingerprint density at radius 3 is 2.41 bits per heavy atom. The Balaban J connectivity index is 1.41. The number of aromatic nitrogens is 3. The van der Waals surface area contributed by atoms with Crippen LogP contribution >= 0.6 is 0 Å². The van der Waals surface area contributed by atoms with Crippen LogP contribution in [0.15, 0.2) is 30.5 Å². The predicted molar refractivity (Wildman–Crippen MR) is 213 cm³/mol. The molecule has 0 saturated carbocycles. The van der Waals surface area contributed by atoms with Gasteiger partial charge in [0.1, 0.15) is 49.4 Å². The van der Waals surface area contributed by atoms with Gasteiger partial charge in [-0.2, -0.15) is 9.97 Å². The number of hydrogen-bond donors (Lipinski definition) is 2. The van der Waals surface area contributed by atoms with Gasteiger partial charge in [-0.05, 0) is 73.4 Å². The number of benzene rings is 2. The topological polar surface area (TPSA) is 86.6 Å². The predicted octanol–water partition coefficient (Wildman–Crippen LogP) is 8.54. The number of phenols is 1. The summed E-state index contributed by atoms with van der Waals surface area (Å²) < 4.78 is 54.3. The SMILES string of the molecule is CC(C)[Si](C#Cc1c(F)ccc2cc(O)cc(-c3ncc4c(N5C[C@@H](C)N[C@@H](C)C5)nc(OC[C@@]56CCCN5C[C@H](F)C6)nc4c3F)c12)(C(C)C)C(C)C. The molecule has 8 nitrogen and oxygen atoms in total. The first-order chi connectivity index (χ1) is 25.6. The molecule has 2 aromatic heterocycles. The van der Waals surface area contributed by atoms with E-state index in [2.05, 4.69) is 91.9 Å². The number of nitrogens with zero attached hydrogens (tertiary/aromatic N) is 5. The highest BCUT2D eigenvalue weighted by Gasteiger charge is 2.49. The Bertz CT molecular complexity index is 2100. The summed E-state index contributed by atoms with van der Waals surface area (Å²) in [6, 6.07) is 6.17. The number of hydrogen-bond acceptors (Lipinski definition) is 8. The van der Waals surface area contributed by atoms with Crippen LogP contribution in [0, 0.1) is 23.1 Å². The van der Waals surface area contributed by atoms with E-state index in [0.29, 0.717) is 64.7 Å². The molecule has 0 aliphatic carbocycles. The number of phenolic OH excluding ortho intramolecular Hbond substituents is 1. The van der Waals surface area contributed by atoms with E-state index in [0.717, 1.165) is 19.4 Å². The fourth-order valence-electron chi connectivity index (χ4n) is 10.0. The first-order valence-corrected chi connectivity index (χ1v) is 21.7. The number of ether oxygens (including phenoxy) is 1. The minimum atomic E-state index is -2.28. The number of nitrogens with one attached hydrogen (secondary N) is 1. The van der Waals surface area contributed by atoms with Crippen molar-refractivity contribution < 1.29 is 23.0 Å². The second kappa shape index (κ2) is 14.6. The molecule has 4 atom stereocenters. The van der Waals surface area contributed by atoms with Gasteiger partial charge < -0.3 is 20.1 Å². The Labute approximate surface area is 317 Å². The van der Waals surface area contributed by atoms with Crippen LogP contribution in [0.3, 0.4) is 0 Å². The molecular weight excluding hydrogens is 706 g/mol. The van der Waals surface area contributed by atoms with Crippen molar-refractivity contribution >= 4 is 35.6 Å². The molecule has 0 radical (unpaired) electrons. The molecule has 2 N–H and O–H groups in total. The van der Waals surface area contributed by atoms with Crippen molar-refractivity contribution in [2.24, 2.45) is 0 Å². The van der Waals surface area contributed by atoms with Gasteiger partial charge in [0.05, 0.1) is 16.5 Å². The van der Waals surface area contributed by atoms with E-state index in [1.807, 2.05) is 0 Å². The van der Waals surface area contributed by atoms with Crippen molar-refractivity contribution in [1.82, 2.24) is 25.2 Å². The summed E-state index contributed by atoms with van der Waals surface area (Å²) in [4.78, 5) is 18.4. The Hall–Kier alpha value is -3.92. The second-order valence-electron chi connectivity index (χ2n) is 16.9. The quantitative estimate of drug-likeness (QED) is 0.137. The Kier molecular flexibility index (Phi) is 10.4. The van der Waals surface area contributed by atoms with Gasteiger partial charge in [0, 0.05) is 55.3 Å². The van der Waals surface area contributed by atoms with E-state index >= 15 is 8.78 Å². The number of fused-ring (bicyclic) bond motifs is 3. The molecule has 4 aromatic rings. The largest absolute Gasteiger partial charge is 0.508 e. The second-order valence-corrected chi connectivity index (χ2v) is 22.5. The lowest BCUT2D eigenvalue weighted by molar-refractivity contribution is 0.107. The van der Waals surface area contributed by atoms with Crippen LogP contribution in [0.25, 0.3) is 32.9 Å². The van der Waals surface area contributed by atoms with Crippen LogP contribution in [-0.4, -0.2) is 89.6 Å². The standard InChI is InChI=1S/C42H53F3N6O2Si/c1-24(2)54(25(3)4,26(5)6)15-12-32-35(44)11-10-29-16-31(52)17-33(36(29)32)38-37(45)39-34(19-46-38)40(50-20-27(7)47-28(8)21-50)49-41(48-39)53-23-42-13-9-14-51(42)22-30(43)18-42/h10-11,16-17,19,24-28,30,47,52H,9,13-14,18,20-23H2,1-8H3/t27-,28+,30-,42+/m1/s1. The van der Waals surface area contributed by atoms with E-state index in [-0.39, 0.29) is 52.8 Å².